The van der Waals surface area contributed by atoms with Gasteiger partial charge in [0.25, 0.3) is 0 Å². The number of halogens is 2. The molecule has 1 unspecified atom stereocenters. The maximum atomic E-state index is 6.02. The fourth-order valence-corrected chi connectivity index (χ4v) is 4.33. The molecule has 2 aromatic rings. The molecular formula is C15H16BrClN2S. The maximum Gasteiger partial charge on any atom is 0.0702 e. The highest BCUT2D eigenvalue weighted by atomic mass is 79.9. The summed E-state index contributed by atoms with van der Waals surface area (Å²) in [7, 11) is 0. The van der Waals surface area contributed by atoms with E-state index >= 15 is 0 Å². The summed E-state index contributed by atoms with van der Waals surface area (Å²) in [5, 5.41) is 4.21. The molecule has 1 fully saturated rings. The van der Waals surface area contributed by atoms with E-state index < -0.39 is 0 Å². The van der Waals surface area contributed by atoms with Crippen molar-refractivity contribution in [1.82, 2.24) is 10.2 Å². The largest absolute Gasteiger partial charge is 0.314 e. The van der Waals surface area contributed by atoms with Crippen molar-refractivity contribution in [2.24, 2.45) is 0 Å². The number of benzene rings is 1. The topological polar surface area (TPSA) is 15.3 Å². The average molecular weight is 372 g/mol. The van der Waals surface area contributed by atoms with E-state index in [1.54, 1.807) is 0 Å². The van der Waals surface area contributed by atoms with Crippen molar-refractivity contribution in [3.8, 4) is 0 Å². The van der Waals surface area contributed by atoms with Crippen LogP contribution in [0.3, 0.4) is 0 Å². The van der Waals surface area contributed by atoms with Crippen molar-refractivity contribution in [1.29, 1.82) is 0 Å². The fourth-order valence-electron chi connectivity index (χ4n) is 2.62. The molecule has 1 aliphatic heterocycles. The van der Waals surface area contributed by atoms with E-state index in [-0.39, 0.29) is 0 Å². The summed E-state index contributed by atoms with van der Waals surface area (Å²) in [6, 6.07) is 12.9. The number of hydrogen-bond acceptors (Lipinski definition) is 3. The lowest BCUT2D eigenvalue weighted by molar-refractivity contribution is 0.200. The van der Waals surface area contributed by atoms with Crippen LogP contribution in [0.2, 0.25) is 5.02 Å². The van der Waals surface area contributed by atoms with Gasteiger partial charge < -0.3 is 5.32 Å². The summed E-state index contributed by atoms with van der Waals surface area (Å²) in [5.74, 6) is 0. The van der Waals surface area contributed by atoms with Gasteiger partial charge in [0.05, 0.1) is 9.83 Å². The molecule has 0 saturated carbocycles. The molecule has 0 aliphatic carbocycles. The Kier molecular flexibility index (Phi) is 4.79. The Balaban J connectivity index is 1.95. The predicted octanol–water partition coefficient (Wildman–Crippen LogP) is 4.16. The average Bonchev–Trinajstić information content (AvgIpc) is 2.89. The summed E-state index contributed by atoms with van der Waals surface area (Å²) in [4.78, 5) is 3.92. The Morgan fingerprint density at radius 2 is 1.80 bits per heavy atom. The van der Waals surface area contributed by atoms with Crippen LogP contribution in [0.5, 0.6) is 0 Å². The summed E-state index contributed by atoms with van der Waals surface area (Å²) in [5.41, 5.74) is 1.31. The number of hydrogen-bond donors (Lipinski definition) is 1. The summed E-state index contributed by atoms with van der Waals surface area (Å²) in [6.45, 7) is 4.25. The Morgan fingerprint density at radius 3 is 2.40 bits per heavy atom. The highest BCUT2D eigenvalue weighted by Crippen LogP contribution is 2.35. The van der Waals surface area contributed by atoms with Gasteiger partial charge in [-0.1, -0.05) is 23.7 Å². The Hall–Kier alpha value is -0.390. The zero-order chi connectivity index (χ0) is 13.9. The van der Waals surface area contributed by atoms with Gasteiger partial charge in [0.2, 0.25) is 0 Å². The predicted molar refractivity (Wildman–Crippen MR) is 89.8 cm³/mol. The molecule has 3 rings (SSSR count). The van der Waals surface area contributed by atoms with E-state index in [1.165, 1.54) is 14.2 Å². The maximum absolute atomic E-state index is 6.02. The van der Waals surface area contributed by atoms with Crippen molar-refractivity contribution in [2.45, 2.75) is 6.04 Å². The molecule has 1 aliphatic rings. The zero-order valence-corrected chi connectivity index (χ0v) is 14.1. The second kappa shape index (κ2) is 6.58. The molecular weight excluding hydrogens is 356 g/mol. The van der Waals surface area contributed by atoms with E-state index in [1.807, 2.05) is 23.5 Å². The van der Waals surface area contributed by atoms with Crippen LogP contribution in [-0.4, -0.2) is 31.1 Å². The molecule has 0 radical (unpaired) electrons. The van der Waals surface area contributed by atoms with Gasteiger partial charge in [-0.2, -0.15) is 0 Å². The fraction of sp³-hybridized carbons (Fsp3) is 0.333. The van der Waals surface area contributed by atoms with Crippen LogP contribution < -0.4 is 5.32 Å². The Morgan fingerprint density at radius 1 is 1.10 bits per heavy atom. The molecule has 1 aromatic heterocycles. The first-order valence-electron chi connectivity index (χ1n) is 6.69. The second-order valence-corrected chi connectivity index (χ2v) is 7.81. The highest BCUT2D eigenvalue weighted by Gasteiger charge is 2.25. The van der Waals surface area contributed by atoms with Crippen molar-refractivity contribution in [3.63, 3.8) is 0 Å². The number of nitrogens with zero attached hydrogens (tertiary/aromatic N) is 1. The van der Waals surface area contributed by atoms with Gasteiger partial charge in [-0.05, 0) is 45.8 Å². The molecule has 1 N–H and O–H groups in total. The molecule has 5 heteroatoms. The summed E-state index contributed by atoms with van der Waals surface area (Å²) < 4.78 is 1.18. The lowest BCUT2D eigenvalue weighted by Gasteiger charge is -2.34. The van der Waals surface area contributed by atoms with Gasteiger partial charge >= 0.3 is 0 Å². The Labute approximate surface area is 136 Å². The molecule has 0 bridgehead atoms. The molecule has 0 spiro atoms. The van der Waals surface area contributed by atoms with E-state index in [9.17, 15) is 0 Å². The minimum atomic E-state index is 0.325. The van der Waals surface area contributed by atoms with Gasteiger partial charge in [-0.3, -0.25) is 4.90 Å². The molecule has 1 saturated heterocycles. The normalized spacial score (nSPS) is 18.1. The van der Waals surface area contributed by atoms with E-state index in [0.717, 1.165) is 31.2 Å². The second-order valence-electron chi connectivity index (χ2n) is 4.88. The van der Waals surface area contributed by atoms with Gasteiger partial charge in [0, 0.05) is 36.1 Å². The molecule has 106 valence electrons. The van der Waals surface area contributed by atoms with Crippen molar-refractivity contribution >= 4 is 38.9 Å². The van der Waals surface area contributed by atoms with Crippen molar-refractivity contribution < 1.29 is 0 Å². The van der Waals surface area contributed by atoms with E-state index in [4.69, 9.17) is 11.6 Å². The van der Waals surface area contributed by atoms with Crippen LogP contribution in [0.25, 0.3) is 0 Å². The SMILES string of the molecule is Clc1ccc(C(c2ccc(Br)s2)N2CCNCC2)cc1. The molecule has 0 amide bonds. The zero-order valence-electron chi connectivity index (χ0n) is 11.0. The van der Waals surface area contributed by atoms with Crippen LogP contribution in [0, 0.1) is 0 Å². The molecule has 1 atom stereocenters. The van der Waals surface area contributed by atoms with Gasteiger partial charge in [-0.25, -0.2) is 0 Å². The minimum Gasteiger partial charge on any atom is -0.314 e. The third-order valence-corrected chi connectivity index (χ3v) is 5.49. The number of nitrogens with one attached hydrogen (secondary N) is 1. The highest BCUT2D eigenvalue weighted by molar-refractivity contribution is 9.11. The molecule has 2 nitrogen and oxygen atoms in total. The number of rotatable bonds is 3. The first-order chi connectivity index (χ1) is 9.74. The van der Waals surface area contributed by atoms with Gasteiger partial charge in [-0.15, -0.1) is 11.3 Å². The minimum absolute atomic E-state index is 0.325. The van der Waals surface area contributed by atoms with Crippen LogP contribution in [0.15, 0.2) is 40.2 Å². The van der Waals surface area contributed by atoms with E-state index in [2.05, 4.69) is 50.4 Å². The monoisotopic (exact) mass is 370 g/mol. The smallest absolute Gasteiger partial charge is 0.0702 e. The summed E-state index contributed by atoms with van der Waals surface area (Å²) >= 11 is 11.4. The van der Waals surface area contributed by atoms with Crippen LogP contribution in [-0.2, 0) is 0 Å². The van der Waals surface area contributed by atoms with Crippen LogP contribution in [0.1, 0.15) is 16.5 Å². The molecule has 2 heterocycles. The van der Waals surface area contributed by atoms with Crippen LogP contribution in [0.4, 0.5) is 0 Å². The number of thiophene rings is 1. The summed E-state index contributed by atoms with van der Waals surface area (Å²) in [6.07, 6.45) is 0. The molecule has 1 aromatic carbocycles. The third-order valence-electron chi connectivity index (χ3n) is 3.57. The number of piperazine rings is 1. The van der Waals surface area contributed by atoms with Crippen LogP contribution >= 0.6 is 38.9 Å². The lowest BCUT2D eigenvalue weighted by atomic mass is 10.0. The van der Waals surface area contributed by atoms with E-state index in [0.29, 0.717) is 6.04 Å². The Bertz CT molecular complexity index is 564. The van der Waals surface area contributed by atoms with Gasteiger partial charge in [0.15, 0.2) is 0 Å². The third kappa shape index (κ3) is 3.26. The molecule has 20 heavy (non-hydrogen) atoms. The first-order valence-corrected chi connectivity index (χ1v) is 8.68. The lowest BCUT2D eigenvalue weighted by Crippen LogP contribution is -2.45. The quantitative estimate of drug-likeness (QED) is 0.871. The standard InChI is InChI=1S/C15H16BrClN2S/c16-14-6-5-13(20-14)15(19-9-7-18-8-10-19)11-1-3-12(17)4-2-11/h1-6,15,18H,7-10H2. The van der Waals surface area contributed by atoms with Gasteiger partial charge in [0.1, 0.15) is 0 Å². The van der Waals surface area contributed by atoms with Crippen molar-refractivity contribution in [3.05, 3.63) is 55.6 Å². The van der Waals surface area contributed by atoms with Crippen molar-refractivity contribution in [2.75, 3.05) is 26.2 Å². The first kappa shape index (κ1) is 14.5.